The number of hydrogen-bond donors (Lipinski definition) is 1. The number of carbonyl (C=O) groups excluding carboxylic acids is 1. The highest BCUT2D eigenvalue weighted by molar-refractivity contribution is 6.02. The quantitative estimate of drug-likeness (QED) is 0.599. The lowest BCUT2D eigenvalue weighted by atomic mass is 10.2. The van der Waals surface area contributed by atoms with Crippen molar-refractivity contribution in [3.8, 4) is 5.69 Å². The molecule has 0 radical (unpaired) electrons. The number of aromatic nitrogens is 3. The summed E-state index contributed by atoms with van der Waals surface area (Å²) in [7, 11) is 3.83. The van der Waals surface area contributed by atoms with Gasteiger partial charge in [-0.05, 0) is 36.4 Å². The zero-order chi connectivity index (χ0) is 19.0. The smallest absolute Gasteiger partial charge is 0.291 e. The van der Waals surface area contributed by atoms with E-state index in [2.05, 4.69) is 15.4 Å². The maximum Gasteiger partial charge on any atom is 0.291 e. The van der Waals surface area contributed by atoms with Crippen molar-refractivity contribution in [2.75, 3.05) is 24.3 Å². The van der Waals surface area contributed by atoms with Crippen molar-refractivity contribution in [3.63, 3.8) is 0 Å². The molecule has 0 unspecified atom stereocenters. The van der Waals surface area contributed by atoms with Crippen LogP contribution in [0.4, 0.5) is 15.8 Å². The number of amides is 1. The van der Waals surface area contributed by atoms with Gasteiger partial charge in [-0.25, -0.2) is 14.1 Å². The van der Waals surface area contributed by atoms with Gasteiger partial charge in [-0.3, -0.25) is 4.79 Å². The van der Waals surface area contributed by atoms with Gasteiger partial charge in [0.2, 0.25) is 0 Å². The molecule has 8 heteroatoms. The summed E-state index contributed by atoms with van der Waals surface area (Å²) in [6.45, 7) is 0. The van der Waals surface area contributed by atoms with Gasteiger partial charge in [-0.15, -0.1) is 5.10 Å². The number of nitrogens with one attached hydrogen (secondary N) is 1. The maximum absolute atomic E-state index is 14.4. The molecule has 0 aliphatic heterocycles. The number of pyridine rings is 1. The number of benzene rings is 1. The highest BCUT2D eigenvalue weighted by Crippen LogP contribution is 2.23. The average Bonchev–Trinajstić information content (AvgIpc) is 3.32. The first-order valence-electron chi connectivity index (χ1n) is 8.19. The molecule has 4 aromatic rings. The SMILES string of the molecule is CN(C)c1cnc2nn(-c3cc(NC(=O)c4ccco4)ccc3F)cc2c1. The Morgan fingerprint density at radius 2 is 2.11 bits per heavy atom. The summed E-state index contributed by atoms with van der Waals surface area (Å²) in [6, 6.07) is 9.36. The van der Waals surface area contributed by atoms with E-state index in [4.69, 9.17) is 4.42 Å². The molecule has 27 heavy (non-hydrogen) atoms. The number of rotatable bonds is 4. The monoisotopic (exact) mass is 365 g/mol. The van der Waals surface area contributed by atoms with Gasteiger partial charge in [0.25, 0.3) is 5.91 Å². The second-order valence-corrected chi connectivity index (χ2v) is 6.17. The summed E-state index contributed by atoms with van der Waals surface area (Å²) in [5.74, 6) is -0.710. The number of hydrogen-bond acceptors (Lipinski definition) is 5. The van der Waals surface area contributed by atoms with Crippen LogP contribution in [0, 0.1) is 5.82 Å². The molecule has 4 rings (SSSR count). The highest BCUT2D eigenvalue weighted by atomic mass is 19.1. The summed E-state index contributed by atoms with van der Waals surface area (Å²) in [4.78, 5) is 18.3. The molecule has 1 aromatic carbocycles. The van der Waals surface area contributed by atoms with Gasteiger partial charge in [-0.2, -0.15) is 0 Å². The number of furan rings is 1. The number of halogens is 1. The zero-order valence-electron chi connectivity index (χ0n) is 14.7. The molecular formula is C19H16FN5O2. The standard InChI is InChI=1S/C19H16FN5O2/c1-24(2)14-8-12-11-25(23-18(12)21-10-14)16-9-13(5-6-15(16)20)22-19(26)17-4-3-7-27-17/h3-11H,1-2H3,(H,22,26). The van der Waals surface area contributed by atoms with E-state index in [-0.39, 0.29) is 11.4 Å². The zero-order valence-corrected chi connectivity index (χ0v) is 14.7. The van der Waals surface area contributed by atoms with E-state index >= 15 is 0 Å². The van der Waals surface area contributed by atoms with E-state index in [0.29, 0.717) is 11.3 Å². The molecule has 3 heterocycles. The third-order valence-corrected chi connectivity index (χ3v) is 4.06. The lowest BCUT2D eigenvalue weighted by Crippen LogP contribution is -2.11. The maximum atomic E-state index is 14.4. The Balaban J connectivity index is 1.69. The molecule has 0 saturated carbocycles. The molecule has 1 amide bonds. The Kier molecular flexibility index (Phi) is 4.08. The van der Waals surface area contributed by atoms with Gasteiger partial charge in [0, 0.05) is 31.4 Å². The molecule has 0 spiro atoms. The van der Waals surface area contributed by atoms with Crippen LogP contribution in [0.2, 0.25) is 0 Å². The van der Waals surface area contributed by atoms with Crippen molar-refractivity contribution in [2.24, 2.45) is 0 Å². The van der Waals surface area contributed by atoms with E-state index in [0.717, 1.165) is 11.1 Å². The minimum absolute atomic E-state index is 0.172. The van der Waals surface area contributed by atoms with Crippen LogP contribution in [0.5, 0.6) is 0 Å². The van der Waals surface area contributed by atoms with E-state index in [1.54, 1.807) is 24.5 Å². The molecule has 0 aliphatic rings. The van der Waals surface area contributed by atoms with Gasteiger partial charge in [0.05, 0.1) is 18.1 Å². The van der Waals surface area contributed by atoms with Crippen molar-refractivity contribution in [1.29, 1.82) is 0 Å². The predicted octanol–water partition coefficient (Wildman–Crippen LogP) is 3.47. The lowest BCUT2D eigenvalue weighted by molar-refractivity contribution is 0.0996. The fraction of sp³-hybridized carbons (Fsp3) is 0.105. The second kappa shape index (κ2) is 6.56. The van der Waals surface area contributed by atoms with Gasteiger partial charge in [0.1, 0.15) is 11.5 Å². The number of anilines is 2. The van der Waals surface area contributed by atoms with Gasteiger partial charge in [0.15, 0.2) is 11.4 Å². The fourth-order valence-corrected chi connectivity index (χ4v) is 2.64. The first-order valence-corrected chi connectivity index (χ1v) is 8.19. The van der Waals surface area contributed by atoms with Crippen LogP contribution in [-0.4, -0.2) is 34.8 Å². The Labute approximate surface area is 154 Å². The van der Waals surface area contributed by atoms with Gasteiger partial charge < -0.3 is 14.6 Å². The van der Waals surface area contributed by atoms with Crippen LogP contribution in [0.1, 0.15) is 10.6 Å². The van der Waals surface area contributed by atoms with Crippen molar-refractivity contribution >= 4 is 28.3 Å². The molecule has 1 N–H and O–H groups in total. The molecule has 136 valence electrons. The summed E-state index contributed by atoms with van der Waals surface area (Å²) in [6.07, 6.45) is 4.82. The molecule has 0 aliphatic carbocycles. The molecule has 0 atom stereocenters. The highest BCUT2D eigenvalue weighted by Gasteiger charge is 2.13. The Hall–Kier alpha value is -3.68. The van der Waals surface area contributed by atoms with E-state index in [1.807, 2.05) is 25.1 Å². The first kappa shape index (κ1) is 16.8. The molecule has 0 saturated heterocycles. The van der Waals surface area contributed by atoms with Crippen LogP contribution >= 0.6 is 0 Å². The van der Waals surface area contributed by atoms with Crippen molar-refractivity contribution in [2.45, 2.75) is 0 Å². The Morgan fingerprint density at radius 3 is 2.85 bits per heavy atom. The van der Waals surface area contributed by atoms with E-state index in [9.17, 15) is 9.18 Å². The Bertz CT molecular complexity index is 1120. The minimum atomic E-state index is -0.466. The normalized spacial score (nSPS) is 10.9. The van der Waals surface area contributed by atoms with Crippen molar-refractivity contribution < 1.29 is 13.6 Å². The molecule has 0 fully saturated rings. The summed E-state index contributed by atoms with van der Waals surface area (Å²) in [5, 5.41) is 7.79. The van der Waals surface area contributed by atoms with E-state index < -0.39 is 11.7 Å². The molecule has 0 bridgehead atoms. The molecule has 3 aromatic heterocycles. The predicted molar refractivity (Wildman–Crippen MR) is 99.8 cm³/mol. The van der Waals surface area contributed by atoms with Crippen LogP contribution in [0.3, 0.4) is 0 Å². The number of carbonyl (C=O) groups is 1. The van der Waals surface area contributed by atoms with Gasteiger partial charge >= 0.3 is 0 Å². The summed E-state index contributed by atoms with van der Waals surface area (Å²) in [5.41, 5.74) is 2.05. The molecular weight excluding hydrogens is 349 g/mol. The Morgan fingerprint density at radius 1 is 1.26 bits per heavy atom. The lowest BCUT2D eigenvalue weighted by Gasteiger charge is -2.10. The first-order chi connectivity index (χ1) is 13.0. The topological polar surface area (TPSA) is 76.2 Å². The summed E-state index contributed by atoms with van der Waals surface area (Å²) >= 11 is 0. The largest absolute Gasteiger partial charge is 0.459 e. The number of fused-ring (bicyclic) bond motifs is 1. The van der Waals surface area contributed by atoms with Crippen LogP contribution in [-0.2, 0) is 0 Å². The average molecular weight is 365 g/mol. The third kappa shape index (κ3) is 3.24. The second-order valence-electron chi connectivity index (χ2n) is 6.17. The van der Waals surface area contributed by atoms with Crippen LogP contribution < -0.4 is 10.2 Å². The molecule has 7 nitrogen and oxygen atoms in total. The summed E-state index contributed by atoms with van der Waals surface area (Å²) < 4.78 is 20.9. The minimum Gasteiger partial charge on any atom is -0.459 e. The van der Waals surface area contributed by atoms with Crippen LogP contribution in [0.15, 0.2) is 59.5 Å². The van der Waals surface area contributed by atoms with Gasteiger partial charge in [-0.1, -0.05) is 0 Å². The fourth-order valence-electron chi connectivity index (χ4n) is 2.64. The van der Waals surface area contributed by atoms with E-state index in [1.165, 1.54) is 29.1 Å². The van der Waals surface area contributed by atoms with Crippen molar-refractivity contribution in [1.82, 2.24) is 14.8 Å². The number of nitrogens with zero attached hydrogens (tertiary/aromatic N) is 4. The van der Waals surface area contributed by atoms with Crippen LogP contribution in [0.25, 0.3) is 16.7 Å². The van der Waals surface area contributed by atoms with Crippen molar-refractivity contribution in [3.05, 3.63) is 66.6 Å². The third-order valence-electron chi connectivity index (χ3n) is 4.06.